The van der Waals surface area contributed by atoms with Crippen molar-refractivity contribution in [1.82, 2.24) is 10.3 Å². The largest absolute Gasteiger partial charge is 0.357 e. The van der Waals surface area contributed by atoms with Crippen LogP contribution in [0.25, 0.3) is 0 Å². The molecule has 0 aliphatic rings. The molecular weight excluding hydrogens is 156 g/mol. The normalized spacial score (nSPS) is 9.33. The van der Waals surface area contributed by atoms with Crippen LogP contribution in [0.15, 0.2) is 18.3 Å². The van der Waals surface area contributed by atoms with E-state index < -0.39 is 0 Å². The van der Waals surface area contributed by atoms with Crippen molar-refractivity contribution in [3.05, 3.63) is 24.0 Å². The van der Waals surface area contributed by atoms with E-state index in [2.05, 4.69) is 10.3 Å². The number of H-pyrrole nitrogens is 1. The van der Waals surface area contributed by atoms with Crippen LogP contribution in [0.5, 0.6) is 0 Å². The standard InChI is InChI=1S/C8H10N2O2/c11-6-2-5-10-8(12)7-3-1-4-9-7/h1,3-4,6,9H,2,5H2,(H,10,12). The highest BCUT2D eigenvalue weighted by Gasteiger charge is 2.02. The van der Waals surface area contributed by atoms with Crippen LogP contribution in [0.2, 0.25) is 0 Å². The topological polar surface area (TPSA) is 62.0 Å². The first-order valence-corrected chi connectivity index (χ1v) is 3.70. The molecule has 0 spiro atoms. The van der Waals surface area contributed by atoms with E-state index in [1.54, 1.807) is 18.3 Å². The van der Waals surface area contributed by atoms with Gasteiger partial charge in [-0.15, -0.1) is 0 Å². The molecule has 0 radical (unpaired) electrons. The minimum Gasteiger partial charge on any atom is -0.357 e. The van der Waals surface area contributed by atoms with Crippen LogP contribution in [0.4, 0.5) is 0 Å². The summed E-state index contributed by atoms with van der Waals surface area (Å²) in [5, 5.41) is 2.58. The minimum absolute atomic E-state index is 0.179. The van der Waals surface area contributed by atoms with Gasteiger partial charge in [-0.25, -0.2) is 0 Å². The van der Waals surface area contributed by atoms with E-state index >= 15 is 0 Å². The lowest BCUT2D eigenvalue weighted by molar-refractivity contribution is -0.107. The number of amides is 1. The Hall–Kier alpha value is -1.58. The Morgan fingerprint density at radius 3 is 3.08 bits per heavy atom. The second-order valence-corrected chi connectivity index (χ2v) is 2.30. The molecule has 0 saturated heterocycles. The van der Waals surface area contributed by atoms with Crippen molar-refractivity contribution in [3.63, 3.8) is 0 Å². The molecule has 1 aromatic heterocycles. The maximum Gasteiger partial charge on any atom is 0.267 e. The summed E-state index contributed by atoms with van der Waals surface area (Å²) in [5.41, 5.74) is 0.515. The molecule has 0 atom stereocenters. The van der Waals surface area contributed by atoms with Gasteiger partial charge in [-0.05, 0) is 12.1 Å². The van der Waals surface area contributed by atoms with E-state index in [0.29, 0.717) is 18.7 Å². The predicted molar refractivity (Wildman–Crippen MR) is 43.8 cm³/mol. The van der Waals surface area contributed by atoms with E-state index in [-0.39, 0.29) is 5.91 Å². The third-order valence-electron chi connectivity index (χ3n) is 1.39. The van der Waals surface area contributed by atoms with Crippen LogP contribution < -0.4 is 5.32 Å². The maximum absolute atomic E-state index is 11.1. The SMILES string of the molecule is O=CCCNC(=O)c1ccc[nH]1. The van der Waals surface area contributed by atoms with E-state index in [1.165, 1.54) is 0 Å². The van der Waals surface area contributed by atoms with Crippen molar-refractivity contribution >= 4 is 12.2 Å². The fourth-order valence-electron chi connectivity index (χ4n) is 0.811. The van der Waals surface area contributed by atoms with Crippen molar-refractivity contribution in [2.24, 2.45) is 0 Å². The van der Waals surface area contributed by atoms with Gasteiger partial charge in [-0.1, -0.05) is 0 Å². The highest BCUT2D eigenvalue weighted by atomic mass is 16.2. The molecule has 4 nitrogen and oxygen atoms in total. The van der Waals surface area contributed by atoms with Gasteiger partial charge in [-0.2, -0.15) is 0 Å². The van der Waals surface area contributed by atoms with E-state index in [1.807, 2.05) is 0 Å². The van der Waals surface area contributed by atoms with Gasteiger partial charge in [0.1, 0.15) is 12.0 Å². The predicted octanol–water partition coefficient (Wildman–Crippen LogP) is 0.334. The first-order chi connectivity index (χ1) is 5.84. The zero-order valence-electron chi connectivity index (χ0n) is 6.54. The van der Waals surface area contributed by atoms with Gasteiger partial charge in [0.15, 0.2) is 0 Å². The van der Waals surface area contributed by atoms with Crippen molar-refractivity contribution in [1.29, 1.82) is 0 Å². The van der Waals surface area contributed by atoms with Crippen LogP contribution in [0, 0.1) is 0 Å². The lowest BCUT2D eigenvalue weighted by atomic mass is 10.4. The Morgan fingerprint density at radius 2 is 2.50 bits per heavy atom. The molecule has 0 aromatic carbocycles. The third kappa shape index (κ3) is 2.23. The summed E-state index contributed by atoms with van der Waals surface area (Å²) in [5.74, 6) is -0.179. The fraction of sp³-hybridized carbons (Fsp3) is 0.250. The second-order valence-electron chi connectivity index (χ2n) is 2.30. The van der Waals surface area contributed by atoms with E-state index in [0.717, 1.165) is 6.29 Å². The molecule has 0 unspecified atom stereocenters. The first-order valence-electron chi connectivity index (χ1n) is 3.70. The van der Waals surface area contributed by atoms with Gasteiger partial charge >= 0.3 is 0 Å². The van der Waals surface area contributed by atoms with E-state index in [4.69, 9.17) is 0 Å². The molecule has 1 heterocycles. The smallest absolute Gasteiger partial charge is 0.267 e. The number of aldehydes is 1. The molecule has 4 heteroatoms. The van der Waals surface area contributed by atoms with Gasteiger partial charge in [-0.3, -0.25) is 4.79 Å². The number of carbonyl (C=O) groups is 2. The third-order valence-corrected chi connectivity index (χ3v) is 1.39. The molecule has 1 rings (SSSR count). The Kier molecular flexibility index (Phi) is 3.07. The van der Waals surface area contributed by atoms with Gasteiger partial charge in [0.2, 0.25) is 0 Å². The highest BCUT2D eigenvalue weighted by molar-refractivity contribution is 5.92. The van der Waals surface area contributed by atoms with Crippen molar-refractivity contribution in [2.75, 3.05) is 6.54 Å². The fourth-order valence-corrected chi connectivity index (χ4v) is 0.811. The number of aromatic nitrogens is 1. The second kappa shape index (κ2) is 4.33. The molecule has 1 aromatic rings. The summed E-state index contributed by atoms with van der Waals surface area (Å²) < 4.78 is 0. The number of aromatic amines is 1. The average Bonchev–Trinajstić information content (AvgIpc) is 2.56. The summed E-state index contributed by atoms with van der Waals surface area (Å²) in [6.07, 6.45) is 2.80. The first kappa shape index (κ1) is 8.52. The van der Waals surface area contributed by atoms with Crippen LogP contribution in [-0.4, -0.2) is 23.7 Å². The van der Waals surface area contributed by atoms with Crippen molar-refractivity contribution in [3.8, 4) is 0 Å². The minimum atomic E-state index is -0.179. The highest BCUT2D eigenvalue weighted by Crippen LogP contribution is 1.92. The number of hydrogen-bond donors (Lipinski definition) is 2. The molecule has 0 saturated carbocycles. The molecule has 12 heavy (non-hydrogen) atoms. The molecule has 1 amide bonds. The number of nitrogens with one attached hydrogen (secondary N) is 2. The molecule has 0 bridgehead atoms. The lowest BCUT2D eigenvalue weighted by Gasteiger charge is -1.98. The molecule has 2 N–H and O–H groups in total. The summed E-state index contributed by atoms with van der Waals surface area (Å²) >= 11 is 0. The van der Waals surface area contributed by atoms with Crippen LogP contribution in [-0.2, 0) is 4.79 Å². The van der Waals surface area contributed by atoms with Gasteiger partial charge in [0, 0.05) is 19.2 Å². The van der Waals surface area contributed by atoms with Crippen LogP contribution >= 0.6 is 0 Å². The summed E-state index contributed by atoms with van der Waals surface area (Å²) in [7, 11) is 0. The Morgan fingerprint density at radius 1 is 1.67 bits per heavy atom. The summed E-state index contributed by atoms with van der Waals surface area (Å²) in [6, 6.07) is 3.42. The van der Waals surface area contributed by atoms with Crippen molar-refractivity contribution in [2.45, 2.75) is 6.42 Å². The quantitative estimate of drug-likeness (QED) is 0.500. The van der Waals surface area contributed by atoms with Gasteiger partial charge in [0.25, 0.3) is 5.91 Å². The van der Waals surface area contributed by atoms with Gasteiger partial charge in [0.05, 0.1) is 0 Å². The number of hydrogen-bond acceptors (Lipinski definition) is 2. The lowest BCUT2D eigenvalue weighted by Crippen LogP contribution is -2.24. The van der Waals surface area contributed by atoms with Crippen LogP contribution in [0.3, 0.4) is 0 Å². The zero-order chi connectivity index (χ0) is 8.81. The Bertz CT molecular complexity index is 254. The van der Waals surface area contributed by atoms with Crippen LogP contribution in [0.1, 0.15) is 16.9 Å². The van der Waals surface area contributed by atoms with Crippen molar-refractivity contribution < 1.29 is 9.59 Å². The Balaban J connectivity index is 2.34. The monoisotopic (exact) mass is 166 g/mol. The zero-order valence-corrected chi connectivity index (χ0v) is 6.54. The molecule has 0 aliphatic carbocycles. The average molecular weight is 166 g/mol. The maximum atomic E-state index is 11.1. The summed E-state index contributed by atoms with van der Waals surface area (Å²) in [4.78, 5) is 23.8. The number of carbonyl (C=O) groups excluding carboxylic acids is 2. The Labute approximate surface area is 70.0 Å². The van der Waals surface area contributed by atoms with Gasteiger partial charge < -0.3 is 15.1 Å². The molecular formula is C8H10N2O2. The number of rotatable bonds is 4. The van der Waals surface area contributed by atoms with E-state index in [9.17, 15) is 9.59 Å². The molecule has 64 valence electrons. The molecule has 0 aliphatic heterocycles. The summed E-state index contributed by atoms with van der Waals surface area (Å²) in [6.45, 7) is 0.390. The molecule has 0 fully saturated rings.